The van der Waals surface area contributed by atoms with Gasteiger partial charge in [-0.15, -0.1) is 0 Å². The van der Waals surface area contributed by atoms with Gasteiger partial charge in [0.25, 0.3) is 0 Å². The second kappa shape index (κ2) is 8.91. The van der Waals surface area contributed by atoms with Gasteiger partial charge in [-0.3, -0.25) is 4.79 Å². The molecule has 0 aliphatic carbocycles. The Morgan fingerprint density at radius 3 is 2.56 bits per heavy atom. The Morgan fingerprint density at radius 2 is 2.00 bits per heavy atom. The highest BCUT2D eigenvalue weighted by molar-refractivity contribution is 5.93. The summed E-state index contributed by atoms with van der Waals surface area (Å²) in [7, 11) is 0. The van der Waals surface area contributed by atoms with Crippen LogP contribution in [0.1, 0.15) is 26.7 Å². The maximum Gasteiger partial charge on any atom is 0.328 e. The number of aliphatic carboxylic acids is 1. The molecule has 0 aromatic heterocycles. The lowest BCUT2D eigenvalue weighted by molar-refractivity contribution is -0.131. The summed E-state index contributed by atoms with van der Waals surface area (Å²) >= 11 is 0. The first-order chi connectivity index (χ1) is 7.52. The number of ether oxygens (including phenoxy) is 1. The summed E-state index contributed by atoms with van der Waals surface area (Å²) in [5.74, 6) is -1.51. The largest absolute Gasteiger partial charge is 0.478 e. The van der Waals surface area contributed by atoms with E-state index < -0.39 is 5.97 Å². The molecule has 0 spiro atoms. The molecule has 0 rings (SSSR count). The Morgan fingerprint density at radius 1 is 1.31 bits per heavy atom. The number of rotatable bonds is 8. The molecule has 0 aliphatic rings. The van der Waals surface area contributed by atoms with Gasteiger partial charge < -0.3 is 15.2 Å². The highest BCUT2D eigenvalue weighted by atomic mass is 16.5. The average Bonchev–Trinajstić information content (AvgIpc) is 2.19. The van der Waals surface area contributed by atoms with E-state index in [0.717, 1.165) is 25.0 Å². The molecule has 0 aromatic rings. The minimum Gasteiger partial charge on any atom is -0.478 e. The molecular weight excluding hydrogens is 210 g/mol. The third-order valence-corrected chi connectivity index (χ3v) is 1.70. The molecule has 16 heavy (non-hydrogen) atoms. The lowest BCUT2D eigenvalue weighted by atomic mass is 10.3. The van der Waals surface area contributed by atoms with E-state index in [4.69, 9.17) is 9.84 Å². The fraction of sp³-hybridized carbons (Fsp3) is 0.636. The van der Waals surface area contributed by atoms with Gasteiger partial charge in [-0.2, -0.15) is 0 Å². The van der Waals surface area contributed by atoms with Crippen molar-refractivity contribution >= 4 is 11.9 Å². The fourth-order valence-corrected chi connectivity index (χ4v) is 0.964. The van der Waals surface area contributed by atoms with Crippen molar-refractivity contribution in [3.63, 3.8) is 0 Å². The highest BCUT2D eigenvalue weighted by Crippen LogP contribution is 1.93. The van der Waals surface area contributed by atoms with Crippen LogP contribution in [-0.4, -0.2) is 36.2 Å². The van der Waals surface area contributed by atoms with Crippen molar-refractivity contribution < 1.29 is 19.4 Å². The smallest absolute Gasteiger partial charge is 0.328 e. The van der Waals surface area contributed by atoms with Gasteiger partial charge in [0.05, 0.1) is 6.10 Å². The second-order valence-corrected chi connectivity index (χ2v) is 3.59. The zero-order valence-electron chi connectivity index (χ0n) is 9.73. The first-order valence-electron chi connectivity index (χ1n) is 5.33. The van der Waals surface area contributed by atoms with E-state index in [1.54, 1.807) is 0 Å². The van der Waals surface area contributed by atoms with Crippen LogP contribution in [0.4, 0.5) is 0 Å². The van der Waals surface area contributed by atoms with Crippen LogP contribution in [0.3, 0.4) is 0 Å². The van der Waals surface area contributed by atoms with Gasteiger partial charge in [-0.1, -0.05) is 0 Å². The third-order valence-electron chi connectivity index (χ3n) is 1.70. The molecule has 0 unspecified atom stereocenters. The molecule has 92 valence electrons. The number of carboxylic acids is 1. The van der Waals surface area contributed by atoms with Crippen LogP contribution in [0.25, 0.3) is 0 Å². The number of amides is 1. The lowest BCUT2D eigenvalue weighted by Crippen LogP contribution is -2.22. The van der Waals surface area contributed by atoms with Crippen molar-refractivity contribution in [3.8, 4) is 0 Å². The first kappa shape index (κ1) is 14.6. The van der Waals surface area contributed by atoms with E-state index in [2.05, 4.69) is 5.32 Å². The van der Waals surface area contributed by atoms with Crippen molar-refractivity contribution in [3.05, 3.63) is 12.2 Å². The van der Waals surface area contributed by atoms with Crippen LogP contribution in [-0.2, 0) is 14.3 Å². The molecule has 0 saturated carbocycles. The molecule has 2 N–H and O–H groups in total. The van der Waals surface area contributed by atoms with E-state index >= 15 is 0 Å². The normalized spacial score (nSPS) is 10.9. The summed E-state index contributed by atoms with van der Waals surface area (Å²) in [5.41, 5.74) is 0. The highest BCUT2D eigenvalue weighted by Gasteiger charge is 1.97. The lowest BCUT2D eigenvalue weighted by Gasteiger charge is -2.06. The number of hydrogen-bond donors (Lipinski definition) is 2. The molecule has 1 amide bonds. The van der Waals surface area contributed by atoms with E-state index in [0.29, 0.717) is 13.2 Å². The number of carbonyl (C=O) groups excluding carboxylic acids is 1. The summed E-state index contributed by atoms with van der Waals surface area (Å²) < 4.78 is 5.32. The van der Waals surface area contributed by atoms with Crippen molar-refractivity contribution in [2.45, 2.75) is 32.8 Å². The number of carbonyl (C=O) groups is 2. The Kier molecular flexibility index (Phi) is 8.15. The predicted molar refractivity (Wildman–Crippen MR) is 60.1 cm³/mol. The molecule has 0 atom stereocenters. The Balaban J connectivity index is 3.38. The van der Waals surface area contributed by atoms with Gasteiger partial charge >= 0.3 is 5.97 Å². The summed E-state index contributed by atoms with van der Waals surface area (Å²) in [4.78, 5) is 21.1. The number of hydrogen-bond acceptors (Lipinski definition) is 3. The number of nitrogens with one attached hydrogen (secondary N) is 1. The van der Waals surface area contributed by atoms with E-state index in [1.165, 1.54) is 0 Å². The summed E-state index contributed by atoms with van der Waals surface area (Å²) in [6.45, 7) is 5.15. The van der Waals surface area contributed by atoms with Crippen LogP contribution >= 0.6 is 0 Å². The SMILES string of the molecule is CC(C)OCCCCNC(=O)/C=C/C(=O)O. The molecule has 0 heterocycles. The minimum atomic E-state index is -1.12. The van der Waals surface area contributed by atoms with Crippen molar-refractivity contribution in [2.24, 2.45) is 0 Å². The first-order valence-corrected chi connectivity index (χ1v) is 5.33. The maximum atomic E-state index is 11.0. The molecular formula is C11H19NO4. The number of carboxylic acid groups (broad SMARTS) is 1. The quantitative estimate of drug-likeness (QED) is 0.480. The fourth-order valence-electron chi connectivity index (χ4n) is 0.964. The van der Waals surface area contributed by atoms with E-state index in [1.807, 2.05) is 13.8 Å². The predicted octanol–water partition coefficient (Wildman–Crippen LogP) is 0.949. The Bertz CT molecular complexity index is 248. The van der Waals surface area contributed by atoms with E-state index in [9.17, 15) is 9.59 Å². The van der Waals surface area contributed by atoms with Crippen LogP contribution in [0.15, 0.2) is 12.2 Å². The van der Waals surface area contributed by atoms with Gasteiger partial charge in [0.1, 0.15) is 0 Å². The topological polar surface area (TPSA) is 75.6 Å². The molecule has 0 aromatic carbocycles. The van der Waals surface area contributed by atoms with Gasteiger partial charge in [-0.25, -0.2) is 4.79 Å². The second-order valence-electron chi connectivity index (χ2n) is 3.59. The molecule has 0 radical (unpaired) electrons. The summed E-state index contributed by atoms with van der Waals surface area (Å²) in [5, 5.41) is 10.9. The van der Waals surface area contributed by atoms with Crippen LogP contribution in [0.5, 0.6) is 0 Å². The van der Waals surface area contributed by atoms with Crippen molar-refractivity contribution in [1.29, 1.82) is 0 Å². The van der Waals surface area contributed by atoms with Crippen LogP contribution in [0.2, 0.25) is 0 Å². The maximum absolute atomic E-state index is 11.0. The monoisotopic (exact) mass is 229 g/mol. The van der Waals surface area contributed by atoms with Gasteiger partial charge in [0.2, 0.25) is 5.91 Å². The molecule has 5 heteroatoms. The van der Waals surface area contributed by atoms with Gasteiger partial charge in [0, 0.05) is 25.3 Å². The average molecular weight is 229 g/mol. The van der Waals surface area contributed by atoms with Crippen LogP contribution < -0.4 is 5.32 Å². The molecule has 0 fully saturated rings. The molecule has 5 nitrogen and oxygen atoms in total. The molecule has 0 bridgehead atoms. The van der Waals surface area contributed by atoms with Gasteiger partial charge in [-0.05, 0) is 26.7 Å². The van der Waals surface area contributed by atoms with Crippen molar-refractivity contribution in [1.82, 2.24) is 5.32 Å². The van der Waals surface area contributed by atoms with Crippen molar-refractivity contribution in [2.75, 3.05) is 13.2 Å². The zero-order valence-corrected chi connectivity index (χ0v) is 9.73. The van der Waals surface area contributed by atoms with E-state index in [-0.39, 0.29) is 12.0 Å². The summed E-state index contributed by atoms with van der Waals surface area (Å²) in [6.07, 6.45) is 3.75. The molecule has 0 saturated heterocycles. The van der Waals surface area contributed by atoms with Gasteiger partial charge in [0.15, 0.2) is 0 Å². The minimum absolute atomic E-state index is 0.230. The molecule has 0 aliphatic heterocycles. The Labute approximate surface area is 95.5 Å². The van der Waals surface area contributed by atoms with Crippen LogP contribution in [0, 0.1) is 0 Å². The standard InChI is InChI=1S/C11H19NO4/c1-9(2)16-8-4-3-7-12-10(13)5-6-11(14)15/h5-6,9H,3-4,7-8H2,1-2H3,(H,12,13)(H,14,15)/b6-5+. The summed E-state index contributed by atoms with van der Waals surface area (Å²) in [6, 6.07) is 0. The Hall–Kier alpha value is -1.36. The number of unbranched alkanes of at least 4 members (excludes halogenated alkanes) is 1. The zero-order chi connectivity index (χ0) is 12.4. The third kappa shape index (κ3) is 10.7.